The molecule has 0 bridgehead atoms. The molecule has 2 N–H and O–H groups in total. The van der Waals surface area contributed by atoms with Crippen LogP contribution in [0.25, 0.3) is 0 Å². The number of nitrogens with zero attached hydrogens (tertiary/aromatic N) is 3. The summed E-state index contributed by atoms with van der Waals surface area (Å²) in [5.41, 5.74) is 0.748. The van der Waals surface area contributed by atoms with Crippen LogP contribution in [0.2, 0.25) is 0 Å². The molecule has 0 aliphatic carbocycles. The highest BCUT2D eigenvalue weighted by molar-refractivity contribution is 5.84. The van der Waals surface area contributed by atoms with Gasteiger partial charge in [0.25, 0.3) is 0 Å². The van der Waals surface area contributed by atoms with Crippen molar-refractivity contribution in [2.75, 3.05) is 7.11 Å². The summed E-state index contributed by atoms with van der Waals surface area (Å²) < 4.78 is 6.36. The molecule has 21 heavy (non-hydrogen) atoms. The molecule has 0 aliphatic heterocycles. The smallest absolute Gasteiger partial charge is 0.328 e. The van der Waals surface area contributed by atoms with E-state index in [-0.39, 0.29) is 12.3 Å². The minimum absolute atomic E-state index is 0.234. The monoisotopic (exact) mass is 291 g/mol. The first-order valence-corrected chi connectivity index (χ1v) is 6.51. The van der Waals surface area contributed by atoms with Crippen molar-refractivity contribution in [1.82, 2.24) is 25.1 Å². The number of rotatable bonds is 7. The standard InChI is InChI=1S/C13H17N5O3/c1-21-13(20)11(7-10-8-14-9-15-10)17-12(19)3-6-18-5-2-4-16-18/h2,4-5,8-9,11H,3,6-7H2,1H3,(H,14,15)(H,17,19)/t11-/m0/s1. The van der Waals surface area contributed by atoms with Gasteiger partial charge in [-0.1, -0.05) is 0 Å². The number of aryl methyl sites for hydroxylation is 1. The molecular formula is C13H17N5O3. The van der Waals surface area contributed by atoms with Gasteiger partial charge in [0.1, 0.15) is 6.04 Å². The molecule has 1 atom stereocenters. The Hall–Kier alpha value is -2.64. The minimum Gasteiger partial charge on any atom is -0.467 e. The summed E-state index contributed by atoms with van der Waals surface area (Å²) in [5.74, 6) is -0.725. The molecule has 112 valence electrons. The number of hydrogen-bond donors (Lipinski definition) is 2. The van der Waals surface area contributed by atoms with E-state index in [9.17, 15) is 9.59 Å². The maximum absolute atomic E-state index is 11.9. The van der Waals surface area contributed by atoms with E-state index in [2.05, 4.69) is 20.4 Å². The van der Waals surface area contributed by atoms with Crippen molar-refractivity contribution >= 4 is 11.9 Å². The van der Waals surface area contributed by atoms with Gasteiger partial charge in [0.15, 0.2) is 0 Å². The molecule has 0 aliphatic rings. The molecule has 2 heterocycles. The van der Waals surface area contributed by atoms with Crippen LogP contribution >= 0.6 is 0 Å². The molecule has 8 heteroatoms. The average Bonchev–Trinajstić information content (AvgIpc) is 3.16. The van der Waals surface area contributed by atoms with Crippen LogP contribution in [-0.4, -0.2) is 44.8 Å². The van der Waals surface area contributed by atoms with Crippen molar-refractivity contribution in [2.24, 2.45) is 0 Å². The molecule has 0 unspecified atom stereocenters. The summed E-state index contributed by atoms with van der Waals surface area (Å²) in [7, 11) is 1.29. The zero-order chi connectivity index (χ0) is 15.1. The summed E-state index contributed by atoms with van der Waals surface area (Å²) in [4.78, 5) is 30.4. The molecule has 2 aromatic heterocycles. The summed E-state index contributed by atoms with van der Waals surface area (Å²) in [6.07, 6.45) is 7.08. The van der Waals surface area contributed by atoms with Crippen molar-refractivity contribution in [2.45, 2.75) is 25.4 Å². The Morgan fingerprint density at radius 2 is 2.38 bits per heavy atom. The van der Waals surface area contributed by atoms with E-state index >= 15 is 0 Å². The molecule has 1 amide bonds. The number of hydrogen-bond acceptors (Lipinski definition) is 5. The predicted molar refractivity (Wildman–Crippen MR) is 73.1 cm³/mol. The van der Waals surface area contributed by atoms with Gasteiger partial charge in [0.2, 0.25) is 5.91 Å². The zero-order valence-corrected chi connectivity index (χ0v) is 11.7. The quantitative estimate of drug-likeness (QED) is 0.693. The van der Waals surface area contributed by atoms with E-state index < -0.39 is 12.0 Å². The fourth-order valence-corrected chi connectivity index (χ4v) is 1.87. The van der Waals surface area contributed by atoms with E-state index in [4.69, 9.17) is 4.74 Å². The lowest BCUT2D eigenvalue weighted by molar-refractivity contribution is -0.145. The number of ether oxygens (including phenoxy) is 1. The van der Waals surface area contributed by atoms with E-state index in [0.717, 1.165) is 5.69 Å². The van der Waals surface area contributed by atoms with Crippen LogP contribution in [0.3, 0.4) is 0 Å². The van der Waals surface area contributed by atoms with Gasteiger partial charge in [0, 0.05) is 43.7 Å². The first kappa shape index (κ1) is 14.8. The third kappa shape index (κ3) is 4.44. The Labute approximate surface area is 121 Å². The number of methoxy groups -OCH3 is 1. The summed E-state index contributed by atoms with van der Waals surface area (Å²) in [5, 5.41) is 6.68. The van der Waals surface area contributed by atoms with Crippen LogP contribution < -0.4 is 5.32 Å². The number of aromatic amines is 1. The third-order valence-corrected chi connectivity index (χ3v) is 2.93. The third-order valence-electron chi connectivity index (χ3n) is 2.93. The highest BCUT2D eigenvalue weighted by Gasteiger charge is 2.22. The van der Waals surface area contributed by atoms with Crippen LogP contribution in [0.15, 0.2) is 31.0 Å². The largest absolute Gasteiger partial charge is 0.467 e. The number of aromatic nitrogens is 4. The number of amides is 1. The summed E-state index contributed by atoms with van der Waals surface area (Å²) in [6.45, 7) is 0.455. The Morgan fingerprint density at radius 3 is 3.00 bits per heavy atom. The fourth-order valence-electron chi connectivity index (χ4n) is 1.87. The van der Waals surface area contributed by atoms with Gasteiger partial charge in [-0.3, -0.25) is 9.48 Å². The van der Waals surface area contributed by atoms with Gasteiger partial charge < -0.3 is 15.0 Å². The van der Waals surface area contributed by atoms with Crippen molar-refractivity contribution in [1.29, 1.82) is 0 Å². The molecule has 0 aromatic carbocycles. The van der Waals surface area contributed by atoms with Crippen LogP contribution in [0.4, 0.5) is 0 Å². The molecule has 0 radical (unpaired) electrons. The normalized spacial score (nSPS) is 11.9. The molecule has 2 aromatic rings. The van der Waals surface area contributed by atoms with Gasteiger partial charge >= 0.3 is 5.97 Å². The molecule has 0 saturated carbocycles. The molecule has 2 rings (SSSR count). The first-order chi connectivity index (χ1) is 10.2. The van der Waals surface area contributed by atoms with Crippen LogP contribution in [-0.2, 0) is 27.3 Å². The van der Waals surface area contributed by atoms with Crippen molar-refractivity contribution in [3.63, 3.8) is 0 Å². The van der Waals surface area contributed by atoms with Gasteiger partial charge in [-0.25, -0.2) is 9.78 Å². The van der Waals surface area contributed by atoms with Gasteiger partial charge in [-0.05, 0) is 6.07 Å². The highest BCUT2D eigenvalue weighted by atomic mass is 16.5. The molecule has 8 nitrogen and oxygen atoms in total. The predicted octanol–water partition coefficient (Wildman–Crippen LogP) is -0.103. The molecule has 0 fully saturated rings. The zero-order valence-electron chi connectivity index (χ0n) is 11.7. The SMILES string of the molecule is COC(=O)[C@H](Cc1cnc[nH]1)NC(=O)CCn1cccn1. The Kier molecular flexibility index (Phi) is 5.08. The van der Waals surface area contributed by atoms with Crippen molar-refractivity contribution in [3.8, 4) is 0 Å². The number of imidazole rings is 1. The molecule has 0 saturated heterocycles. The van der Waals surface area contributed by atoms with Gasteiger partial charge in [-0.2, -0.15) is 5.10 Å². The lowest BCUT2D eigenvalue weighted by Crippen LogP contribution is -2.43. The molecule has 0 spiro atoms. The lowest BCUT2D eigenvalue weighted by atomic mass is 10.1. The van der Waals surface area contributed by atoms with E-state index in [1.807, 2.05) is 0 Å². The number of esters is 1. The van der Waals surface area contributed by atoms with Crippen LogP contribution in [0.1, 0.15) is 12.1 Å². The topological polar surface area (TPSA) is 102 Å². The Morgan fingerprint density at radius 1 is 1.52 bits per heavy atom. The Balaban J connectivity index is 1.88. The first-order valence-electron chi connectivity index (χ1n) is 6.51. The second kappa shape index (κ2) is 7.22. The number of nitrogens with one attached hydrogen (secondary N) is 2. The van der Waals surface area contributed by atoms with E-state index in [1.54, 1.807) is 29.3 Å². The lowest BCUT2D eigenvalue weighted by Gasteiger charge is -2.15. The number of H-pyrrole nitrogens is 1. The van der Waals surface area contributed by atoms with E-state index in [1.165, 1.54) is 13.4 Å². The van der Waals surface area contributed by atoms with Crippen LogP contribution in [0, 0.1) is 0 Å². The van der Waals surface area contributed by atoms with E-state index in [0.29, 0.717) is 13.0 Å². The fraction of sp³-hybridized carbons (Fsp3) is 0.385. The Bertz CT molecular complexity index is 565. The van der Waals surface area contributed by atoms with Crippen LogP contribution in [0.5, 0.6) is 0 Å². The second-order valence-electron chi connectivity index (χ2n) is 4.44. The summed E-state index contributed by atoms with van der Waals surface area (Å²) >= 11 is 0. The molecular weight excluding hydrogens is 274 g/mol. The highest BCUT2D eigenvalue weighted by Crippen LogP contribution is 2.01. The van der Waals surface area contributed by atoms with Crippen molar-refractivity contribution < 1.29 is 14.3 Å². The van der Waals surface area contributed by atoms with Gasteiger partial charge in [0.05, 0.1) is 13.4 Å². The van der Waals surface area contributed by atoms with Gasteiger partial charge in [-0.15, -0.1) is 0 Å². The maximum Gasteiger partial charge on any atom is 0.328 e. The summed E-state index contributed by atoms with van der Waals surface area (Å²) in [6, 6.07) is 1.05. The average molecular weight is 291 g/mol. The minimum atomic E-state index is -0.736. The number of carbonyl (C=O) groups is 2. The number of carbonyl (C=O) groups excluding carboxylic acids is 2. The van der Waals surface area contributed by atoms with Crippen molar-refractivity contribution in [3.05, 3.63) is 36.7 Å². The second-order valence-corrected chi connectivity index (χ2v) is 4.44. The maximum atomic E-state index is 11.9.